The first kappa shape index (κ1) is 31.2. The van der Waals surface area contributed by atoms with Crippen molar-refractivity contribution >= 4 is 43.5 Å². The maximum atomic E-state index is 14.0. The number of nitrogens with one attached hydrogen (secondary N) is 1. The monoisotopic (exact) mass is 629 g/mol. The summed E-state index contributed by atoms with van der Waals surface area (Å²) in [5, 5.41) is 2.89. The zero-order valence-corrected chi connectivity index (χ0v) is 25.7. The van der Waals surface area contributed by atoms with Crippen LogP contribution in [-0.2, 0) is 26.2 Å². The van der Waals surface area contributed by atoms with E-state index in [1.54, 1.807) is 55.6 Å². The number of sulfonamides is 1. The summed E-state index contributed by atoms with van der Waals surface area (Å²) in [5.74, 6) is -0.101. The Morgan fingerprint density at radius 2 is 1.57 bits per heavy atom. The Kier molecular flexibility index (Phi) is 11.2. The fourth-order valence-electron chi connectivity index (χ4n) is 4.19. The van der Waals surface area contributed by atoms with Crippen molar-refractivity contribution in [3.8, 4) is 5.75 Å². The highest BCUT2D eigenvalue weighted by Gasteiger charge is 2.33. The van der Waals surface area contributed by atoms with E-state index in [9.17, 15) is 18.0 Å². The van der Waals surface area contributed by atoms with Gasteiger partial charge in [-0.3, -0.25) is 13.9 Å². The highest BCUT2D eigenvalue weighted by molar-refractivity contribution is 9.10. The molecule has 0 spiro atoms. The number of carbonyl (C=O) groups is 2. The van der Waals surface area contributed by atoms with Gasteiger partial charge in [0, 0.05) is 17.6 Å². The number of aryl methyl sites for hydroxylation is 1. The summed E-state index contributed by atoms with van der Waals surface area (Å²) in [6.07, 6.45) is 1.11. The summed E-state index contributed by atoms with van der Waals surface area (Å²) in [6, 6.07) is 19.7. The molecule has 1 atom stereocenters. The van der Waals surface area contributed by atoms with E-state index in [1.165, 1.54) is 17.0 Å². The number of halogens is 1. The number of hydrogen-bond donors (Lipinski definition) is 1. The van der Waals surface area contributed by atoms with E-state index in [0.717, 1.165) is 26.3 Å². The van der Waals surface area contributed by atoms with Gasteiger partial charge in [-0.2, -0.15) is 0 Å². The van der Waals surface area contributed by atoms with Crippen molar-refractivity contribution in [1.82, 2.24) is 10.2 Å². The van der Waals surface area contributed by atoms with Crippen molar-refractivity contribution in [2.45, 2.75) is 51.1 Å². The van der Waals surface area contributed by atoms with E-state index in [-0.39, 0.29) is 17.3 Å². The summed E-state index contributed by atoms with van der Waals surface area (Å²) < 4.78 is 34.9. The number of hydrogen-bond acceptors (Lipinski definition) is 5. The van der Waals surface area contributed by atoms with Gasteiger partial charge in [0.15, 0.2) is 0 Å². The van der Waals surface area contributed by atoms with Gasteiger partial charge in [0.05, 0.1) is 17.7 Å². The smallest absolute Gasteiger partial charge is 0.264 e. The fourth-order valence-corrected chi connectivity index (χ4v) is 5.87. The van der Waals surface area contributed by atoms with Crippen LogP contribution in [0.3, 0.4) is 0 Å². The van der Waals surface area contributed by atoms with Crippen LogP contribution in [0.1, 0.15) is 37.8 Å². The molecule has 0 aromatic heterocycles. The normalized spacial score (nSPS) is 11.9. The first-order valence-electron chi connectivity index (χ1n) is 13.2. The Bertz CT molecular complexity index is 1380. The van der Waals surface area contributed by atoms with Gasteiger partial charge in [-0.1, -0.05) is 59.6 Å². The highest BCUT2D eigenvalue weighted by atomic mass is 79.9. The molecular weight excluding hydrogens is 594 g/mol. The van der Waals surface area contributed by atoms with Gasteiger partial charge in [-0.15, -0.1) is 0 Å². The zero-order chi connectivity index (χ0) is 29.3. The van der Waals surface area contributed by atoms with Gasteiger partial charge >= 0.3 is 0 Å². The molecule has 0 aliphatic rings. The third-order valence-corrected chi connectivity index (χ3v) is 8.77. The molecule has 0 bridgehead atoms. The molecule has 0 fully saturated rings. The first-order chi connectivity index (χ1) is 19.1. The van der Waals surface area contributed by atoms with Crippen LogP contribution < -0.4 is 14.4 Å². The highest BCUT2D eigenvalue weighted by Crippen LogP contribution is 2.27. The first-order valence-corrected chi connectivity index (χ1v) is 15.4. The molecule has 0 heterocycles. The minimum absolute atomic E-state index is 0.0725. The second-order valence-corrected chi connectivity index (χ2v) is 12.2. The fraction of sp³-hybridized carbons (Fsp3) is 0.333. The molecule has 8 nitrogen and oxygen atoms in total. The molecule has 0 aliphatic heterocycles. The van der Waals surface area contributed by atoms with Crippen LogP contribution in [0.15, 0.2) is 82.2 Å². The number of benzene rings is 3. The maximum absolute atomic E-state index is 14.0. The van der Waals surface area contributed by atoms with Crippen LogP contribution in [-0.4, -0.2) is 51.4 Å². The number of nitrogens with zero attached hydrogens (tertiary/aromatic N) is 2. The van der Waals surface area contributed by atoms with E-state index in [4.69, 9.17) is 4.74 Å². The number of ether oxygens (including phenoxy) is 1. The van der Waals surface area contributed by atoms with Crippen molar-refractivity contribution in [2.24, 2.45) is 0 Å². The van der Waals surface area contributed by atoms with Crippen molar-refractivity contribution < 1.29 is 22.7 Å². The molecule has 0 aliphatic carbocycles. The van der Waals surface area contributed by atoms with Gasteiger partial charge in [0.25, 0.3) is 10.0 Å². The molecule has 1 N–H and O–H groups in total. The minimum Gasteiger partial charge on any atom is -0.497 e. The van der Waals surface area contributed by atoms with Crippen molar-refractivity contribution in [1.29, 1.82) is 0 Å². The number of anilines is 1. The predicted octanol–water partition coefficient (Wildman–Crippen LogP) is 5.30. The third-order valence-electron chi connectivity index (χ3n) is 6.45. The average Bonchev–Trinajstić information content (AvgIpc) is 2.95. The summed E-state index contributed by atoms with van der Waals surface area (Å²) in [4.78, 5) is 28.7. The predicted molar refractivity (Wildman–Crippen MR) is 161 cm³/mol. The third kappa shape index (κ3) is 7.85. The lowest BCUT2D eigenvalue weighted by Crippen LogP contribution is -2.52. The molecule has 10 heteroatoms. The summed E-state index contributed by atoms with van der Waals surface area (Å²) in [7, 11) is -2.54. The second-order valence-electron chi connectivity index (χ2n) is 9.39. The van der Waals surface area contributed by atoms with Crippen LogP contribution in [0.5, 0.6) is 5.75 Å². The molecule has 3 rings (SSSR count). The SMILES string of the molecule is CCCNC(=O)[C@@H](CC)N(Cc1ccc(OC)cc1)C(=O)CN(c1ccc(Br)cc1)S(=O)(=O)c1ccc(C)cc1. The van der Waals surface area contributed by atoms with E-state index < -0.39 is 28.5 Å². The maximum Gasteiger partial charge on any atom is 0.264 e. The number of amides is 2. The van der Waals surface area contributed by atoms with E-state index in [0.29, 0.717) is 24.4 Å². The van der Waals surface area contributed by atoms with Gasteiger partial charge in [0.2, 0.25) is 11.8 Å². The van der Waals surface area contributed by atoms with E-state index >= 15 is 0 Å². The van der Waals surface area contributed by atoms with Gasteiger partial charge < -0.3 is 15.0 Å². The largest absolute Gasteiger partial charge is 0.497 e. The molecule has 3 aromatic carbocycles. The standard InChI is InChI=1S/C30H36BrN3O5S/c1-5-19-32-30(36)28(6-2)33(20-23-9-15-26(39-4)16-10-23)29(35)21-34(25-13-11-24(31)12-14-25)40(37,38)27-17-7-22(3)8-18-27/h7-18,28H,5-6,19-21H2,1-4H3,(H,32,36)/t28-/m1/s1. The lowest BCUT2D eigenvalue weighted by atomic mass is 10.1. The summed E-state index contributed by atoms with van der Waals surface area (Å²) >= 11 is 3.39. The Morgan fingerprint density at radius 1 is 0.950 bits per heavy atom. The molecule has 40 heavy (non-hydrogen) atoms. The van der Waals surface area contributed by atoms with Crippen LogP contribution in [0.4, 0.5) is 5.69 Å². The van der Waals surface area contributed by atoms with Crippen molar-refractivity contribution in [3.63, 3.8) is 0 Å². The number of carbonyl (C=O) groups excluding carboxylic acids is 2. The molecule has 0 unspecified atom stereocenters. The molecule has 3 aromatic rings. The van der Waals surface area contributed by atoms with Gasteiger partial charge in [-0.25, -0.2) is 8.42 Å². The molecule has 0 saturated heterocycles. The van der Waals surface area contributed by atoms with Crippen molar-refractivity contribution in [3.05, 3.63) is 88.4 Å². The lowest BCUT2D eigenvalue weighted by molar-refractivity contribution is -0.140. The lowest BCUT2D eigenvalue weighted by Gasteiger charge is -2.33. The van der Waals surface area contributed by atoms with Gasteiger partial charge in [-0.05, 0) is 73.9 Å². The Labute approximate surface area is 245 Å². The average molecular weight is 631 g/mol. The van der Waals surface area contributed by atoms with E-state index in [2.05, 4.69) is 21.2 Å². The Morgan fingerprint density at radius 3 is 2.12 bits per heavy atom. The molecule has 2 amide bonds. The number of methoxy groups -OCH3 is 1. The molecule has 0 saturated carbocycles. The molecular formula is C30H36BrN3O5S. The van der Waals surface area contributed by atoms with E-state index in [1.807, 2.05) is 32.9 Å². The molecule has 214 valence electrons. The zero-order valence-electron chi connectivity index (χ0n) is 23.3. The number of rotatable bonds is 13. The topological polar surface area (TPSA) is 96.0 Å². The summed E-state index contributed by atoms with van der Waals surface area (Å²) in [5.41, 5.74) is 2.04. The Hall–Kier alpha value is -3.37. The minimum atomic E-state index is -4.11. The molecule has 0 radical (unpaired) electrons. The van der Waals surface area contributed by atoms with Gasteiger partial charge in [0.1, 0.15) is 18.3 Å². The second kappa shape index (κ2) is 14.3. The van der Waals surface area contributed by atoms with Crippen LogP contribution in [0.2, 0.25) is 0 Å². The van der Waals surface area contributed by atoms with Crippen LogP contribution in [0, 0.1) is 6.92 Å². The van der Waals surface area contributed by atoms with Crippen molar-refractivity contribution in [2.75, 3.05) is 24.5 Å². The quantitative estimate of drug-likeness (QED) is 0.277. The van der Waals surface area contributed by atoms with Crippen LogP contribution >= 0.6 is 15.9 Å². The summed E-state index contributed by atoms with van der Waals surface area (Å²) in [6.45, 7) is 5.78. The van der Waals surface area contributed by atoms with Crippen LogP contribution in [0.25, 0.3) is 0 Å². The Balaban J connectivity index is 2.03.